The quantitative estimate of drug-likeness (QED) is 0.145. The van der Waals surface area contributed by atoms with E-state index in [1.807, 2.05) is 6.07 Å². The average Bonchev–Trinajstić information content (AvgIpc) is 3.98. The summed E-state index contributed by atoms with van der Waals surface area (Å²) in [5, 5.41) is 3.16. The minimum Gasteiger partial charge on any atom is -0.455 e. The van der Waals surface area contributed by atoms with Crippen LogP contribution in [0.3, 0.4) is 0 Å². The van der Waals surface area contributed by atoms with Crippen molar-refractivity contribution in [1.29, 1.82) is 0 Å². The number of hydrogen-bond donors (Lipinski definition) is 0. The lowest BCUT2D eigenvalue weighted by Crippen LogP contribution is -2.09. The Morgan fingerprint density at radius 3 is 1.20 bits per heavy atom. The van der Waals surface area contributed by atoms with Crippen molar-refractivity contribution in [2.75, 3.05) is 4.90 Å². The molecule has 0 aliphatic rings. The highest BCUT2D eigenvalue weighted by atomic mass is 32.1. The van der Waals surface area contributed by atoms with E-state index in [0.717, 1.165) is 70.9 Å². The molecule has 10 aromatic carbocycles. The zero-order valence-corrected chi connectivity index (χ0v) is 36.1. The molecular formula is C61H40N2OS. The van der Waals surface area contributed by atoms with Gasteiger partial charge < -0.3 is 9.32 Å². The molecule has 0 saturated heterocycles. The number of fused-ring (bicyclic) bond motifs is 4. The van der Waals surface area contributed by atoms with Crippen molar-refractivity contribution in [3.8, 4) is 66.2 Å². The highest BCUT2D eigenvalue weighted by Crippen LogP contribution is 2.42. The Morgan fingerprint density at radius 1 is 0.338 bits per heavy atom. The van der Waals surface area contributed by atoms with Gasteiger partial charge in [-0.05, 0) is 92.5 Å². The van der Waals surface area contributed by atoms with Crippen LogP contribution in [0.25, 0.3) is 98.4 Å². The van der Waals surface area contributed by atoms with Gasteiger partial charge in [-0.1, -0.05) is 194 Å². The van der Waals surface area contributed by atoms with E-state index in [0.29, 0.717) is 0 Å². The molecule has 0 unspecified atom stereocenters. The molecule has 0 saturated carbocycles. The van der Waals surface area contributed by atoms with Gasteiger partial charge in [-0.2, -0.15) is 0 Å². The fourth-order valence-electron chi connectivity index (χ4n) is 8.97. The first kappa shape index (κ1) is 38.4. The Bertz CT molecular complexity index is 3580. The Labute approximate surface area is 381 Å². The molecule has 65 heavy (non-hydrogen) atoms. The summed E-state index contributed by atoms with van der Waals surface area (Å²) in [6.07, 6.45) is 0. The molecule has 0 aliphatic heterocycles. The number of hydrogen-bond acceptors (Lipinski definition) is 4. The van der Waals surface area contributed by atoms with Crippen molar-refractivity contribution in [2.45, 2.75) is 0 Å². The van der Waals surface area contributed by atoms with E-state index in [2.05, 4.69) is 241 Å². The number of benzene rings is 10. The van der Waals surface area contributed by atoms with Crippen molar-refractivity contribution in [3.63, 3.8) is 0 Å². The van der Waals surface area contributed by atoms with Crippen molar-refractivity contribution < 1.29 is 4.42 Å². The highest BCUT2D eigenvalue weighted by Gasteiger charge is 2.18. The number of rotatable bonds is 9. The topological polar surface area (TPSA) is 29.3 Å². The molecule has 0 bridgehead atoms. The van der Waals surface area contributed by atoms with Crippen LogP contribution in [0.1, 0.15) is 0 Å². The van der Waals surface area contributed by atoms with E-state index < -0.39 is 0 Å². The fourth-order valence-corrected chi connectivity index (χ4v) is 9.95. The minimum atomic E-state index is 0.868. The monoisotopic (exact) mass is 848 g/mol. The van der Waals surface area contributed by atoms with Gasteiger partial charge in [-0.25, -0.2) is 4.98 Å². The highest BCUT2D eigenvalue weighted by molar-refractivity contribution is 7.21. The largest absolute Gasteiger partial charge is 0.455 e. The van der Waals surface area contributed by atoms with Gasteiger partial charge in [0, 0.05) is 45.0 Å². The van der Waals surface area contributed by atoms with Gasteiger partial charge in [-0.15, -0.1) is 11.3 Å². The van der Waals surface area contributed by atoms with Gasteiger partial charge in [0.05, 0.1) is 10.2 Å². The van der Waals surface area contributed by atoms with E-state index in [9.17, 15) is 0 Å². The van der Waals surface area contributed by atoms with Gasteiger partial charge in [0.1, 0.15) is 16.2 Å². The lowest BCUT2D eigenvalue weighted by Gasteiger charge is -2.26. The van der Waals surface area contributed by atoms with E-state index in [4.69, 9.17) is 9.40 Å². The first-order valence-electron chi connectivity index (χ1n) is 21.9. The third-order valence-electron chi connectivity index (χ3n) is 12.4. The Balaban J connectivity index is 0.861. The summed E-state index contributed by atoms with van der Waals surface area (Å²) in [5.74, 6) is 0. The summed E-state index contributed by atoms with van der Waals surface area (Å²) in [6.45, 7) is 0. The van der Waals surface area contributed by atoms with Crippen LogP contribution in [-0.4, -0.2) is 4.98 Å². The van der Waals surface area contributed by atoms with E-state index in [1.165, 1.54) is 44.5 Å². The lowest BCUT2D eigenvalue weighted by molar-refractivity contribution is 0.670. The zero-order valence-electron chi connectivity index (χ0n) is 35.3. The molecule has 0 atom stereocenters. The molecule has 0 aliphatic carbocycles. The lowest BCUT2D eigenvalue weighted by atomic mass is 9.99. The predicted octanol–water partition coefficient (Wildman–Crippen LogP) is 17.7. The summed E-state index contributed by atoms with van der Waals surface area (Å²) in [6, 6.07) is 86.4. The Hall–Kier alpha value is -8.31. The minimum absolute atomic E-state index is 0.868. The molecule has 4 heteroatoms. The summed E-state index contributed by atoms with van der Waals surface area (Å²) < 4.78 is 7.84. The number of aromatic nitrogens is 1. The molecule has 306 valence electrons. The van der Waals surface area contributed by atoms with Crippen LogP contribution in [0, 0.1) is 0 Å². The first-order valence-corrected chi connectivity index (χ1v) is 22.7. The average molecular weight is 849 g/mol. The summed E-state index contributed by atoms with van der Waals surface area (Å²) in [4.78, 5) is 7.43. The molecular weight excluding hydrogens is 809 g/mol. The third-order valence-corrected chi connectivity index (χ3v) is 13.4. The van der Waals surface area contributed by atoms with Gasteiger partial charge in [0.15, 0.2) is 0 Å². The van der Waals surface area contributed by atoms with Crippen molar-refractivity contribution in [2.24, 2.45) is 0 Å². The number of anilines is 3. The van der Waals surface area contributed by atoms with Gasteiger partial charge in [0.25, 0.3) is 0 Å². The Morgan fingerprint density at radius 2 is 0.738 bits per heavy atom. The van der Waals surface area contributed by atoms with E-state index in [1.54, 1.807) is 11.3 Å². The second-order valence-electron chi connectivity index (χ2n) is 16.3. The van der Waals surface area contributed by atoms with Gasteiger partial charge in [0.2, 0.25) is 0 Å². The summed E-state index contributed by atoms with van der Waals surface area (Å²) in [5.41, 5.74) is 18.8. The number of para-hydroxylation sites is 1. The molecule has 0 spiro atoms. The maximum atomic E-state index is 6.73. The molecule has 12 aromatic rings. The second-order valence-corrected chi connectivity index (χ2v) is 17.4. The number of nitrogens with zero attached hydrogens (tertiary/aromatic N) is 2. The molecule has 3 nitrogen and oxygen atoms in total. The van der Waals surface area contributed by atoms with Crippen LogP contribution in [0.15, 0.2) is 247 Å². The standard InChI is InChI=1S/C61H40N2OS/c1-4-11-41(12-5-1)44-19-21-46(22-20-44)48-29-35-52(36-30-48)63(51-33-27-47(28-34-51)43-15-8-3-9-16-43)53-37-31-49(32-38-53)54-17-10-18-55-56-39-57-59(40-58(56)64-60(54)55)65-61(62-57)50-25-23-45(24-26-50)42-13-6-2-7-14-42/h1-40H. The molecule has 0 N–H and O–H groups in total. The second kappa shape index (κ2) is 16.4. The number of furan rings is 1. The van der Waals surface area contributed by atoms with Crippen molar-refractivity contribution >= 4 is 60.6 Å². The third kappa shape index (κ3) is 7.36. The number of thiazole rings is 1. The van der Waals surface area contributed by atoms with E-state index >= 15 is 0 Å². The van der Waals surface area contributed by atoms with Crippen LogP contribution >= 0.6 is 11.3 Å². The smallest absolute Gasteiger partial charge is 0.143 e. The SMILES string of the molecule is c1ccc(-c2ccc(-c3ccc(N(c4ccc(-c5ccccc5)cc4)c4ccc(-c5cccc6c5oc5cc7sc(-c8ccc(-c9ccccc9)cc8)nc7cc56)cc4)cc3)cc2)cc1. The van der Waals surface area contributed by atoms with Crippen molar-refractivity contribution in [1.82, 2.24) is 4.98 Å². The molecule has 0 radical (unpaired) electrons. The molecule has 2 aromatic heterocycles. The first-order chi connectivity index (χ1) is 32.2. The van der Waals surface area contributed by atoms with Crippen LogP contribution in [0.5, 0.6) is 0 Å². The summed E-state index contributed by atoms with van der Waals surface area (Å²) in [7, 11) is 0. The molecule has 0 fully saturated rings. The molecule has 0 amide bonds. The maximum absolute atomic E-state index is 6.73. The molecule has 12 rings (SSSR count). The predicted molar refractivity (Wildman–Crippen MR) is 274 cm³/mol. The van der Waals surface area contributed by atoms with Crippen LogP contribution < -0.4 is 4.90 Å². The fraction of sp³-hybridized carbons (Fsp3) is 0. The van der Waals surface area contributed by atoms with Crippen molar-refractivity contribution in [3.05, 3.63) is 243 Å². The van der Waals surface area contributed by atoms with E-state index in [-0.39, 0.29) is 0 Å². The molecule has 2 heterocycles. The maximum Gasteiger partial charge on any atom is 0.143 e. The van der Waals surface area contributed by atoms with Crippen LogP contribution in [-0.2, 0) is 0 Å². The van der Waals surface area contributed by atoms with Gasteiger partial charge in [-0.3, -0.25) is 0 Å². The normalized spacial score (nSPS) is 11.4. The summed E-state index contributed by atoms with van der Waals surface area (Å²) >= 11 is 1.70. The Kier molecular flexibility index (Phi) is 9.70. The van der Waals surface area contributed by atoms with Crippen LogP contribution in [0.4, 0.5) is 17.1 Å². The van der Waals surface area contributed by atoms with Gasteiger partial charge >= 0.3 is 0 Å². The zero-order chi connectivity index (χ0) is 43.1. The van der Waals surface area contributed by atoms with Crippen LogP contribution in [0.2, 0.25) is 0 Å².